The first-order valence-corrected chi connectivity index (χ1v) is 9.18. The maximum atomic E-state index is 11.9. The first kappa shape index (κ1) is 14.4. The van der Waals surface area contributed by atoms with Crippen LogP contribution in [0.2, 0.25) is 0 Å². The van der Waals surface area contributed by atoms with Gasteiger partial charge in [-0.2, -0.15) is 0 Å². The molecule has 1 unspecified atom stereocenters. The molecule has 0 bridgehead atoms. The third-order valence-corrected chi connectivity index (χ3v) is 5.96. The lowest BCUT2D eigenvalue weighted by atomic mass is 10.2. The van der Waals surface area contributed by atoms with Crippen molar-refractivity contribution in [2.24, 2.45) is 0 Å². The molecule has 6 heteroatoms. The molecule has 1 atom stereocenters. The zero-order valence-electron chi connectivity index (χ0n) is 11.9. The highest BCUT2D eigenvalue weighted by Crippen LogP contribution is 2.27. The van der Waals surface area contributed by atoms with Crippen molar-refractivity contribution in [2.45, 2.75) is 25.3 Å². The molecule has 0 aliphatic carbocycles. The van der Waals surface area contributed by atoms with Crippen molar-refractivity contribution in [3.63, 3.8) is 0 Å². The van der Waals surface area contributed by atoms with Gasteiger partial charge in [0, 0.05) is 31.2 Å². The standard InChI is InChI=1S/C15H20N2O3S/c18-15(16-13-7-10-21(19,20)11-13)6-9-17-8-5-12-3-1-2-4-14(12)17/h1-4,13H,5-11H2,(H,16,18). The largest absolute Gasteiger partial charge is 0.370 e. The average Bonchev–Trinajstić information content (AvgIpc) is 3.00. The second-order valence-electron chi connectivity index (χ2n) is 5.78. The zero-order valence-corrected chi connectivity index (χ0v) is 12.7. The first-order chi connectivity index (χ1) is 10.0. The minimum atomic E-state index is -2.94. The van der Waals surface area contributed by atoms with Gasteiger partial charge in [0.05, 0.1) is 11.5 Å². The summed E-state index contributed by atoms with van der Waals surface area (Å²) in [7, 11) is -2.94. The average molecular weight is 308 g/mol. The van der Waals surface area contributed by atoms with Crippen LogP contribution in [0.3, 0.4) is 0 Å². The normalized spacial score (nSPS) is 23.0. The number of benzene rings is 1. The smallest absolute Gasteiger partial charge is 0.222 e. The molecular weight excluding hydrogens is 288 g/mol. The van der Waals surface area contributed by atoms with E-state index in [1.807, 2.05) is 12.1 Å². The van der Waals surface area contributed by atoms with Gasteiger partial charge < -0.3 is 10.2 Å². The number of carbonyl (C=O) groups excluding carboxylic acids is 1. The van der Waals surface area contributed by atoms with Crippen molar-refractivity contribution >= 4 is 21.4 Å². The van der Waals surface area contributed by atoms with Crippen molar-refractivity contribution in [1.82, 2.24) is 5.32 Å². The van der Waals surface area contributed by atoms with E-state index in [9.17, 15) is 13.2 Å². The number of amides is 1. The van der Waals surface area contributed by atoms with Crippen molar-refractivity contribution < 1.29 is 13.2 Å². The first-order valence-electron chi connectivity index (χ1n) is 7.36. The van der Waals surface area contributed by atoms with E-state index in [0.717, 1.165) is 13.0 Å². The van der Waals surface area contributed by atoms with Crippen molar-refractivity contribution in [1.29, 1.82) is 0 Å². The highest BCUT2D eigenvalue weighted by molar-refractivity contribution is 7.91. The van der Waals surface area contributed by atoms with Crippen LogP contribution in [0.4, 0.5) is 5.69 Å². The Hall–Kier alpha value is -1.56. The number of nitrogens with one attached hydrogen (secondary N) is 1. The molecule has 1 fully saturated rings. The fraction of sp³-hybridized carbons (Fsp3) is 0.533. The summed E-state index contributed by atoms with van der Waals surface area (Å²) < 4.78 is 22.7. The van der Waals surface area contributed by atoms with Crippen molar-refractivity contribution in [3.8, 4) is 0 Å². The molecular formula is C15H20N2O3S. The van der Waals surface area contributed by atoms with Crippen LogP contribution in [-0.4, -0.2) is 45.0 Å². The van der Waals surface area contributed by atoms with Crippen LogP contribution in [-0.2, 0) is 21.1 Å². The topological polar surface area (TPSA) is 66.5 Å². The summed E-state index contributed by atoms with van der Waals surface area (Å²) in [4.78, 5) is 14.2. The van der Waals surface area contributed by atoms with Gasteiger partial charge in [0.25, 0.3) is 0 Å². The minimum absolute atomic E-state index is 0.0542. The van der Waals surface area contributed by atoms with E-state index in [0.29, 0.717) is 19.4 Å². The Morgan fingerprint density at radius 1 is 1.33 bits per heavy atom. The number of hydrogen-bond donors (Lipinski definition) is 1. The molecule has 114 valence electrons. The van der Waals surface area contributed by atoms with Gasteiger partial charge in [-0.25, -0.2) is 8.42 Å². The van der Waals surface area contributed by atoms with E-state index in [-0.39, 0.29) is 23.5 Å². The predicted molar refractivity (Wildman–Crippen MR) is 82.2 cm³/mol. The second kappa shape index (κ2) is 5.67. The monoisotopic (exact) mass is 308 g/mol. The fourth-order valence-electron chi connectivity index (χ4n) is 3.08. The lowest BCUT2D eigenvalue weighted by Crippen LogP contribution is -2.37. The second-order valence-corrected chi connectivity index (χ2v) is 8.01. The van der Waals surface area contributed by atoms with Gasteiger partial charge in [0.2, 0.25) is 5.91 Å². The van der Waals surface area contributed by atoms with Gasteiger partial charge >= 0.3 is 0 Å². The van der Waals surface area contributed by atoms with Crippen LogP contribution in [0.15, 0.2) is 24.3 Å². The molecule has 2 heterocycles. The number of fused-ring (bicyclic) bond motifs is 1. The minimum Gasteiger partial charge on any atom is -0.370 e. The van der Waals surface area contributed by atoms with E-state index < -0.39 is 9.84 Å². The van der Waals surface area contributed by atoms with Gasteiger partial charge in [-0.1, -0.05) is 18.2 Å². The van der Waals surface area contributed by atoms with Gasteiger partial charge in [0.15, 0.2) is 9.84 Å². The Kier molecular flexibility index (Phi) is 3.89. The Labute approximate surface area is 125 Å². The molecule has 1 saturated heterocycles. The molecule has 1 N–H and O–H groups in total. The number of hydrogen-bond acceptors (Lipinski definition) is 4. The zero-order chi connectivity index (χ0) is 14.9. The number of carbonyl (C=O) groups is 1. The Morgan fingerprint density at radius 3 is 2.90 bits per heavy atom. The van der Waals surface area contributed by atoms with Crippen LogP contribution in [0, 0.1) is 0 Å². The number of sulfone groups is 1. The molecule has 1 amide bonds. The van der Waals surface area contributed by atoms with E-state index in [1.54, 1.807) is 0 Å². The fourth-order valence-corrected chi connectivity index (χ4v) is 4.76. The predicted octanol–water partition coefficient (Wildman–Crippen LogP) is 0.742. The van der Waals surface area contributed by atoms with Gasteiger partial charge in [-0.15, -0.1) is 0 Å². The van der Waals surface area contributed by atoms with E-state index in [4.69, 9.17) is 0 Å². The third-order valence-electron chi connectivity index (χ3n) is 4.19. The molecule has 0 saturated carbocycles. The number of rotatable bonds is 4. The molecule has 21 heavy (non-hydrogen) atoms. The SMILES string of the molecule is O=C(CCN1CCc2ccccc21)NC1CCS(=O)(=O)C1. The van der Waals surface area contributed by atoms with Crippen LogP contribution in [0.1, 0.15) is 18.4 Å². The van der Waals surface area contributed by atoms with Crippen LogP contribution < -0.4 is 10.2 Å². The highest BCUT2D eigenvalue weighted by atomic mass is 32.2. The molecule has 3 rings (SSSR count). The Bertz CT molecular complexity index is 642. The van der Waals surface area contributed by atoms with Gasteiger partial charge in [-0.05, 0) is 24.5 Å². The number of nitrogens with zero attached hydrogens (tertiary/aromatic N) is 1. The molecule has 1 aromatic carbocycles. The summed E-state index contributed by atoms with van der Waals surface area (Å²) >= 11 is 0. The molecule has 2 aliphatic heterocycles. The molecule has 2 aliphatic rings. The Balaban J connectivity index is 1.49. The third kappa shape index (κ3) is 3.37. The summed E-state index contributed by atoms with van der Waals surface area (Å²) in [6.45, 7) is 1.63. The van der Waals surface area contributed by atoms with E-state index in [1.165, 1.54) is 11.3 Å². The van der Waals surface area contributed by atoms with Gasteiger partial charge in [-0.3, -0.25) is 4.79 Å². The quantitative estimate of drug-likeness (QED) is 0.891. The van der Waals surface area contributed by atoms with Gasteiger partial charge in [0.1, 0.15) is 0 Å². The van der Waals surface area contributed by atoms with E-state index in [2.05, 4.69) is 22.3 Å². The summed E-state index contributed by atoms with van der Waals surface area (Å²) in [5.74, 6) is 0.226. The van der Waals surface area contributed by atoms with Crippen LogP contribution in [0.5, 0.6) is 0 Å². The van der Waals surface area contributed by atoms with Crippen molar-refractivity contribution in [3.05, 3.63) is 29.8 Å². The molecule has 5 nitrogen and oxygen atoms in total. The molecule has 0 spiro atoms. The number of anilines is 1. The summed E-state index contributed by atoms with van der Waals surface area (Å²) in [5, 5.41) is 2.84. The lowest BCUT2D eigenvalue weighted by Gasteiger charge is -2.19. The van der Waals surface area contributed by atoms with E-state index >= 15 is 0 Å². The number of para-hydroxylation sites is 1. The molecule has 1 aromatic rings. The summed E-state index contributed by atoms with van der Waals surface area (Å²) in [5.41, 5.74) is 2.55. The van der Waals surface area contributed by atoms with Crippen LogP contribution in [0.25, 0.3) is 0 Å². The Morgan fingerprint density at radius 2 is 2.14 bits per heavy atom. The van der Waals surface area contributed by atoms with Crippen LogP contribution >= 0.6 is 0 Å². The van der Waals surface area contributed by atoms with Crippen molar-refractivity contribution in [2.75, 3.05) is 29.5 Å². The lowest BCUT2D eigenvalue weighted by molar-refractivity contribution is -0.121. The summed E-state index contributed by atoms with van der Waals surface area (Å²) in [6, 6.07) is 8.06. The summed E-state index contributed by atoms with van der Waals surface area (Å²) in [6.07, 6.45) is 1.98. The maximum Gasteiger partial charge on any atom is 0.222 e. The highest BCUT2D eigenvalue weighted by Gasteiger charge is 2.29. The maximum absolute atomic E-state index is 11.9. The molecule has 0 aromatic heterocycles. The molecule has 0 radical (unpaired) electrons.